The first kappa shape index (κ1) is 85.8. The number of rotatable bonds is 41. The van der Waals surface area contributed by atoms with E-state index in [0.29, 0.717) is 45.2 Å². The number of hydrogen-bond acceptors (Lipinski definition) is 33. The monoisotopic (exact) mass is 1410 g/mol. The van der Waals surface area contributed by atoms with Crippen molar-refractivity contribution < 1.29 is 158 Å². The van der Waals surface area contributed by atoms with Gasteiger partial charge in [0, 0.05) is 58.2 Å². The Labute approximate surface area is 562 Å². The van der Waals surface area contributed by atoms with Crippen LogP contribution < -0.4 is 16.0 Å². The van der Waals surface area contributed by atoms with Crippen molar-refractivity contribution in [2.75, 3.05) is 78.9 Å². The number of hydrogen-bond donors (Lipinski definition) is 19. The van der Waals surface area contributed by atoms with E-state index in [1.807, 2.05) is 6.92 Å². The summed E-state index contributed by atoms with van der Waals surface area (Å²) in [6.07, 6.45) is -31.4. The minimum atomic E-state index is -1.88. The second-order valence-corrected chi connectivity index (χ2v) is 24.7. The molecule has 3 amide bonds. The third-order valence-electron chi connectivity index (χ3n) is 16.8. The summed E-state index contributed by atoms with van der Waals surface area (Å²) in [5, 5.41) is 170. The van der Waals surface area contributed by atoms with Crippen molar-refractivity contribution in [2.24, 2.45) is 0 Å². The number of ether oxygens (including phenoxy) is 10. The average molecular weight is 1410 g/mol. The van der Waals surface area contributed by atoms with Crippen molar-refractivity contribution in [1.29, 1.82) is 0 Å². The number of aliphatic hydroxyl groups excluding tert-OH is 16. The Bertz CT molecular complexity index is 2250. The molecule has 5 rings (SSSR count). The number of amides is 3. The molecule has 0 radical (unpaired) electrons. The molecule has 0 aromatic heterocycles. The molecule has 0 aromatic rings. The van der Waals surface area contributed by atoms with Crippen LogP contribution in [0.15, 0.2) is 0 Å². The lowest BCUT2D eigenvalue weighted by atomic mass is 9.96. The van der Waals surface area contributed by atoms with Gasteiger partial charge in [0.1, 0.15) is 127 Å². The lowest BCUT2D eigenvalue weighted by Gasteiger charge is -2.46. The summed E-state index contributed by atoms with van der Waals surface area (Å²) in [6, 6.07) is 0. The third kappa shape index (κ3) is 27.9. The highest BCUT2D eigenvalue weighted by Crippen LogP contribution is 2.32. The smallest absolute Gasteiger partial charge is 0.220 e. The van der Waals surface area contributed by atoms with Gasteiger partial charge in [0.25, 0.3) is 0 Å². The normalized spacial score (nSPS) is 35.3. The number of Topliss-reactive ketones (excluding diaryl/α,β-unsaturated/α-hetero) is 3. The fraction of sp³-hybridized carbons (Fsp3) is 0.902. The Morgan fingerprint density at radius 1 is 0.361 bits per heavy atom. The summed E-state index contributed by atoms with van der Waals surface area (Å²) < 4.78 is 54.8. The summed E-state index contributed by atoms with van der Waals surface area (Å²) in [5.74, 6) is -0.997. The minimum absolute atomic E-state index is 0.00275. The number of nitrogens with zero attached hydrogens (tertiary/aromatic N) is 1. The van der Waals surface area contributed by atoms with Crippen LogP contribution in [-0.4, -0.2) is 354 Å². The number of ketones is 3. The summed E-state index contributed by atoms with van der Waals surface area (Å²) in [5.41, 5.74) is 0. The maximum absolute atomic E-state index is 12.9. The number of carbonyl (C=O) groups excluding carboxylic acids is 6. The maximum atomic E-state index is 12.9. The van der Waals surface area contributed by atoms with Gasteiger partial charge in [-0.25, -0.2) is 0 Å². The van der Waals surface area contributed by atoms with Gasteiger partial charge in [-0.3, -0.25) is 33.7 Å². The first-order valence-corrected chi connectivity index (χ1v) is 33.3. The molecule has 564 valence electrons. The van der Waals surface area contributed by atoms with E-state index in [4.69, 9.17) is 47.4 Å². The highest BCUT2D eigenvalue weighted by molar-refractivity contribution is 5.86. The SMILES string of the molecule is CCNC(=O)CCCCC(=O)NCCO[C@H]1O[C@H](CO[C@H]2O[C@H](CO)[C@@H](O)[C@H](O)[C@@H]2O)[C@@H](O)[C@H](O[C@H]2O[C@H](CO)[C@@H](O)[C@H](O)[C@@H]2O)[C@@H]1O.CCNC(=O)CCCCCCC(=O)CN(CC(=O)CCCO[C@@H]1O[C@@H](C)[C@@H](O)[C@@H](O)[C@@H]1O)CC(=O)CCCO[C@@H]1O[C@@H](C)[C@@H](O)[C@@H](O)[C@@H]1O. The standard InChI is InChI=1S/C33H58N2O14.C28H50N2O18/c1-4-34-25(39)14-8-6-5-7-11-22(36)17-35(18-23(37)12-9-15-46-32-30(44)28(42)26(40)20(2)48-32)19-24(38)13-10-16-47-33-31(45)29(43)27(41)21(3)49-33;1-2-29-15(33)5-3-4-6-16(34)30-7-8-43-27-24(42)25(48-28-23(41)21(39)18(36)13(10-32)46-28)19(37)14(47-27)11-44-26-22(40)20(38)17(35)12(9-31)45-26/h20-21,26-33,40-45H,4-19H2,1-3H3,(H,34,39);12-14,17-28,31-32,35-42H,2-11H2,1H3,(H,29,33)(H,30,34)/t20-,21-,26+,27+,28+,29+,30-,31-,32+,33+;12-,13-,14-,17-,18-,19-,20+,21+,22+,23+,24+,25+,26+,27+,28-/m01/s1. The van der Waals surface area contributed by atoms with Crippen LogP contribution in [-0.2, 0) is 76.1 Å². The molecule has 5 aliphatic rings. The predicted molar refractivity (Wildman–Crippen MR) is 328 cm³/mol. The fourth-order valence-electron chi connectivity index (χ4n) is 11.0. The molecule has 0 aromatic carbocycles. The molecule has 0 spiro atoms. The quantitative estimate of drug-likeness (QED) is 0.0253. The Morgan fingerprint density at radius 2 is 0.711 bits per heavy atom. The van der Waals surface area contributed by atoms with Gasteiger partial charge >= 0.3 is 0 Å². The zero-order valence-electron chi connectivity index (χ0n) is 55.5. The Morgan fingerprint density at radius 3 is 1.15 bits per heavy atom. The van der Waals surface area contributed by atoms with Gasteiger partial charge in [-0.15, -0.1) is 0 Å². The molecule has 0 unspecified atom stereocenters. The van der Waals surface area contributed by atoms with Gasteiger partial charge in [0.2, 0.25) is 17.7 Å². The van der Waals surface area contributed by atoms with Crippen molar-refractivity contribution in [2.45, 2.75) is 271 Å². The zero-order valence-corrected chi connectivity index (χ0v) is 55.5. The maximum Gasteiger partial charge on any atom is 0.220 e. The van der Waals surface area contributed by atoms with Crippen LogP contribution in [0, 0.1) is 0 Å². The zero-order chi connectivity index (χ0) is 72.1. The van der Waals surface area contributed by atoms with Gasteiger partial charge in [0.15, 0.2) is 31.5 Å². The van der Waals surface area contributed by atoms with Gasteiger partial charge < -0.3 is 145 Å². The second-order valence-electron chi connectivity index (χ2n) is 24.7. The molecule has 36 heteroatoms. The summed E-state index contributed by atoms with van der Waals surface area (Å²) in [6.45, 7) is 5.13. The van der Waals surface area contributed by atoms with E-state index in [-0.39, 0.29) is 120 Å². The van der Waals surface area contributed by atoms with Crippen molar-refractivity contribution in [3.8, 4) is 0 Å². The Kier molecular flexibility index (Phi) is 39.5. The molecule has 0 bridgehead atoms. The third-order valence-corrected chi connectivity index (χ3v) is 16.8. The van der Waals surface area contributed by atoms with E-state index in [1.165, 1.54) is 18.7 Å². The van der Waals surface area contributed by atoms with Gasteiger partial charge in [-0.05, 0) is 66.2 Å². The average Bonchev–Trinajstić information content (AvgIpc) is 0.801. The Balaban J connectivity index is 0.000000412. The number of unbranched alkanes of at least 4 members (excludes halogenated alkanes) is 4. The van der Waals surface area contributed by atoms with Crippen LogP contribution in [0.1, 0.15) is 118 Å². The molecule has 5 fully saturated rings. The first-order chi connectivity index (χ1) is 46.1. The van der Waals surface area contributed by atoms with E-state index in [2.05, 4.69) is 16.0 Å². The van der Waals surface area contributed by atoms with Crippen LogP contribution in [0.2, 0.25) is 0 Å². The van der Waals surface area contributed by atoms with Gasteiger partial charge in [0.05, 0.1) is 71.5 Å². The van der Waals surface area contributed by atoms with E-state index in [1.54, 1.807) is 6.92 Å². The fourth-order valence-corrected chi connectivity index (χ4v) is 11.0. The molecule has 5 saturated heterocycles. The van der Waals surface area contributed by atoms with Crippen molar-refractivity contribution in [3.63, 3.8) is 0 Å². The number of carbonyl (C=O) groups is 6. The number of aliphatic hydroxyl groups is 16. The predicted octanol–water partition coefficient (Wildman–Crippen LogP) is -8.02. The highest BCUT2D eigenvalue weighted by Gasteiger charge is 2.53. The molecule has 0 saturated carbocycles. The second kappa shape index (κ2) is 44.7. The largest absolute Gasteiger partial charge is 0.394 e. The molecule has 36 nitrogen and oxygen atoms in total. The molecule has 19 N–H and O–H groups in total. The topological polar surface area (TPSA) is 558 Å². The first-order valence-electron chi connectivity index (χ1n) is 33.3. The van der Waals surface area contributed by atoms with Crippen LogP contribution in [0.25, 0.3) is 0 Å². The lowest BCUT2D eigenvalue weighted by molar-refractivity contribution is -0.366. The molecule has 5 aliphatic heterocycles. The summed E-state index contributed by atoms with van der Waals surface area (Å²) in [7, 11) is 0. The molecule has 25 atom stereocenters. The minimum Gasteiger partial charge on any atom is -0.394 e. The molecule has 97 heavy (non-hydrogen) atoms. The molecule has 0 aliphatic carbocycles. The van der Waals surface area contributed by atoms with E-state index < -0.39 is 173 Å². The van der Waals surface area contributed by atoms with Crippen molar-refractivity contribution >= 4 is 35.1 Å². The van der Waals surface area contributed by atoms with Crippen LogP contribution >= 0.6 is 0 Å². The lowest BCUT2D eigenvalue weighted by Crippen LogP contribution is -2.65. The van der Waals surface area contributed by atoms with Crippen molar-refractivity contribution in [1.82, 2.24) is 20.9 Å². The van der Waals surface area contributed by atoms with Crippen LogP contribution in [0.3, 0.4) is 0 Å². The van der Waals surface area contributed by atoms with Crippen LogP contribution in [0.5, 0.6) is 0 Å². The van der Waals surface area contributed by atoms with Crippen molar-refractivity contribution in [3.05, 3.63) is 0 Å². The van der Waals surface area contributed by atoms with E-state index in [0.717, 1.165) is 19.3 Å². The van der Waals surface area contributed by atoms with Gasteiger partial charge in [-0.2, -0.15) is 0 Å². The summed E-state index contributed by atoms with van der Waals surface area (Å²) in [4.78, 5) is 75.3. The molecular formula is C61H108N4O32. The van der Waals surface area contributed by atoms with E-state index in [9.17, 15) is 110 Å². The van der Waals surface area contributed by atoms with Crippen LogP contribution in [0.4, 0.5) is 0 Å². The molecular weight excluding hydrogens is 1300 g/mol. The molecule has 5 heterocycles. The number of nitrogens with one attached hydrogen (secondary N) is 3. The summed E-state index contributed by atoms with van der Waals surface area (Å²) >= 11 is 0. The van der Waals surface area contributed by atoms with E-state index >= 15 is 0 Å². The van der Waals surface area contributed by atoms with Gasteiger partial charge in [-0.1, -0.05) is 12.8 Å². The Hall–Kier alpha value is -3.66. The highest BCUT2D eigenvalue weighted by atomic mass is 16.8.